The number of carbonyl (C=O) groups is 2. The van der Waals surface area contributed by atoms with Gasteiger partial charge in [0.1, 0.15) is 6.54 Å². The van der Waals surface area contributed by atoms with E-state index < -0.39 is 21.8 Å². The minimum absolute atomic E-state index is 0.0559. The second-order valence-corrected chi connectivity index (χ2v) is 5.97. The van der Waals surface area contributed by atoms with Gasteiger partial charge in [-0.25, -0.2) is 13.2 Å². The topological polar surface area (TPSA) is 95.0 Å². The van der Waals surface area contributed by atoms with Gasteiger partial charge in [0.05, 0.1) is 11.5 Å². The molecule has 16 heavy (non-hydrogen) atoms. The Labute approximate surface area is 93.6 Å². The first kappa shape index (κ1) is 12.8. The molecule has 0 spiro atoms. The number of hydrogen-bond donors (Lipinski definition) is 1. The third-order valence-electron chi connectivity index (χ3n) is 2.31. The Morgan fingerprint density at radius 3 is 2.25 bits per heavy atom. The lowest BCUT2D eigenvalue weighted by atomic mass is 10.5. The first-order valence-electron chi connectivity index (χ1n) is 4.74. The smallest absolute Gasteiger partial charge is 0.323 e. The van der Waals surface area contributed by atoms with Crippen LogP contribution >= 0.6 is 0 Å². The average Bonchev–Trinajstić information content (AvgIpc) is 2.15. The Balaban J connectivity index is 2.53. The second kappa shape index (κ2) is 4.69. The van der Waals surface area contributed by atoms with Crippen molar-refractivity contribution in [2.45, 2.75) is 0 Å². The molecule has 1 rings (SSSR count). The molecule has 0 saturated carbocycles. The molecule has 7 nitrogen and oxygen atoms in total. The number of amides is 2. The number of aliphatic carboxylic acids is 1. The molecule has 0 aromatic carbocycles. The molecule has 1 aliphatic heterocycles. The summed E-state index contributed by atoms with van der Waals surface area (Å²) in [4.78, 5) is 24.4. The minimum Gasteiger partial charge on any atom is -0.480 e. The molecule has 1 heterocycles. The summed E-state index contributed by atoms with van der Waals surface area (Å²) in [7, 11) is -1.65. The van der Waals surface area contributed by atoms with Crippen molar-refractivity contribution in [3.8, 4) is 0 Å². The number of carboxylic acids is 1. The van der Waals surface area contributed by atoms with E-state index in [0.29, 0.717) is 0 Å². The van der Waals surface area contributed by atoms with Crippen LogP contribution in [-0.2, 0) is 14.6 Å². The minimum atomic E-state index is -3.03. The molecular formula is C8H14N2O5S. The molecule has 1 fully saturated rings. The number of carbonyl (C=O) groups excluding carboxylic acids is 1. The van der Waals surface area contributed by atoms with Crippen LogP contribution in [0.1, 0.15) is 0 Å². The Morgan fingerprint density at radius 1 is 1.31 bits per heavy atom. The van der Waals surface area contributed by atoms with Gasteiger partial charge in [-0.1, -0.05) is 0 Å². The zero-order chi connectivity index (χ0) is 12.3. The molecule has 0 bridgehead atoms. The summed E-state index contributed by atoms with van der Waals surface area (Å²) in [6, 6.07) is -0.447. The van der Waals surface area contributed by atoms with Crippen LogP contribution in [0.4, 0.5) is 4.79 Å². The molecule has 0 unspecified atom stereocenters. The summed E-state index contributed by atoms with van der Waals surface area (Å²) in [5.74, 6) is -1.21. The SMILES string of the molecule is CN(CC(=O)O)C(=O)N1CCS(=O)(=O)CC1. The average molecular weight is 250 g/mol. The third-order valence-corrected chi connectivity index (χ3v) is 3.92. The van der Waals surface area contributed by atoms with Crippen LogP contribution in [0.3, 0.4) is 0 Å². The quantitative estimate of drug-likeness (QED) is 0.668. The lowest BCUT2D eigenvalue weighted by Crippen LogP contribution is -2.49. The first-order chi connectivity index (χ1) is 7.32. The van der Waals surface area contributed by atoms with Crippen LogP contribution in [0.5, 0.6) is 0 Å². The van der Waals surface area contributed by atoms with Gasteiger partial charge in [0.2, 0.25) is 0 Å². The number of hydrogen-bond acceptors (Lipinski definition) is 4. The van der Waals surface area contributed by atoms with E-state index in [4.69, 9.17) is 5.11 Å². The largest absolute Gasteiger partial charge is 0.480 e. The van der Waals surface area contributed by atoms with E-state index >= 15 is 0 Å². The number of likely N-dealkylation sites (N-methyl/N-ethyl adjacent to an activating group) is 1. The van der Waals surface area contributed by atoms with Gasteiger partial charge < -0.3 is 14.9 Å². The van der Waals surface area contributed by atoms with Gasteiger partial charge in [-0.3, -0.25) is 4.79 Å². The molecule has 0 aromatic rings. The number of nitrogens with zero attached hydrogens (tertiary/aromatic N) is 2. The summed E-state index contributed by atoms with van der Waals surface area (Å²) < 4.78 is 22.2. The molecule has 0 aliphatic carbocycles. The van der Waals surface area contributed by atoms with Crippen molar-refractivity contribution in [3.63, 3.8) is 0 Å². The highest BCUT2D eigenvalue weighted by Crippen LogP contribution is 2.06. The molecule has 0 radical (unpaired) electrons. The van der Waals surface area contributed by atoms with Crippen molar-refractivity contribution in [1.82, 2.24) is 9.80 Å². The highest BCUT2D eigenvalue weighted by Gasteiger charge is 2.27. The highest BCUT2D eigenvalue weighted by molar-refractivity contribution is 7.91. The normalized spacial score (nSPS) is 19.2. The monoisotopic (exact) mass is 250 g/mol. The number of sulfone groups is 1. The molecule has 1 saturated heterocycles. The van der Waals surface area contributed by atoms with Crippen molar-refractivity contribution in [3.05, 3.63) is 0 Å². The van der Waals surface area contributed by atoms with Crippen molar-refractivity contribution in [2.24, 2.45) is 0 Å². The third kappa shape index (κ3) is 3.37. The lowest BCUT2D eigenvalue weighted by molar-refractivity contribution is -0.137. The summed E-state index contributed by atoms with van der Waals surface area (Å²) in [6.45, 7) is -0.127. The van der Waals surface area contributed by atoms with Gasteiger partial charge in [0.25, 0.3) is 0 Å². The van der Waals surface area contributed by atoms with Crippen LogP contribution in [0, 0.1) is 0 Å². The van der Waals surface area contributed by atoms with Crippen LogP contribution in [0.2, 0.25) is 0 Å². The van der Waals surface area contributed by atoms with E-state index in [0.717, 1.165) is 4.90 Å². The molecule has 2 amide bonds. The van der Waals surface area contributed by atoms with Crippen molar-refractivity contribution < 1.29 is 23.1 Å². The van der Waals surface area contributed by atoms with E-state index in [-0.39, 0.29) is 31.1 Å². The summed E-state index contributed by atoms with van der Waals surface area (Å²) in [6.07, 6.45) is 0. The van der Waals surface area contributed by atoms with Gasteiger partial charge in [-0.05, 0) is 0 Å². The lowest BCUT2D eigenvalue weighted by Gasteiger charge is -2.30. The van der Waals surface area contributed by atoms with E-state index in [1.165, 1.54) is 11.9 Å². The zero-order valence-corrected chi connectivity index (χ0v) is 9.73. The fourth-order valence-electron chi connectivity index (χ4n) is 1.42. The molecule has 1 N–H and O–H groups in total. The van der Waals surface area contributed by atoms with Crippen molar-refractivity contribution in [1.29, 1.82) is 0 Å². The Morgan fingerprint density at radius 2 is 1.81 bits per heavy atom. The standard InChI is InChI=1S/C8H14N2O5S/c1-9(6-7(11)12)8(13)10-2-4-16(14,15)5-3-10/h2-6H2,1H3,(H,11,12). The van der Waals surface area contributed by atoms with Crippen LogP contribution in [0.15, 0.2) is 0 Å². The second-order valence-electron chi connectivity index (χ2n) is 3.67. The van der Waals surface area contributed by atoms with Crippen LogP contribution < -0.4 is 0 Å². The Hall–Kier alpha value is -1.31. The van der Waals surface area contributed by atoms with Gasteiger partial charge >= 0.3 is 12.0 Å². The van der Waals surface area contributed by atoms with Crippen LogP contribution in [0.25, 0.3) is 0 Å². The number of urea groups is 1. The predicted octanol–water partition coefficient (Wildman–Crippen LogP) is -1.15. The first-order valence-corrected chi connectivity index (χ1v) is 6.56. The van der Waals surface area contributed by atoms with Gasteiger partial charge in [-0.15, -0.1) is 0 Å². The highest BCUT2D eigenvalue weighted by atomic mass is 32.2. The fourth-order valence-corrected chi connectivity index (χ4v) is 2.62. The Kier molecular flexibility index (Phi) is 3.74. The van der Waals surface area contributed by atoms with Gasteiger partial charge in [0, 0.05) is 20.1 Å². The van der Waals surface area contributed by atoms with E-state index in [1.54, 1.807) is 0 Å². The molecule has 92 valence electrons. The molecular weight excluding hydrogens is 236 g/mol. The molecule has 1 aliphatic rings. The molecule has 0 aromatic heterocycles. The Bertz CT molecular complexity index is 377. The van der Waals surface area contributed by atoms with E-state index in [2.05, 4.69) is 0 Å². The maximum atomic E-state index is 11.6. The van der Waals surface area contributed by atoms with Gasteiger partial charge in [0.15, 0.2) is 9.84 Å². The van der Waals surface area contributed by atoms with Crippen LogP contribution in [-0.4, -0.2) is 73.5 Å². The van der Waals surface area contributed by atoms with E-state index in [1.807, 2.05) is 0 Å². The number of carboxylic acid groups (broad SMARTS) is 1. The molecule has 0 atom stereocenters. The fraction of sp³-hybridized carbons (Fsp3) is 0.750. The van der Waals surface area contributed by atoms with E-state index in [9.17, 15) is 18.0 Å². The molecule has 8 heteroatoms. The van der Waals surface area contributed by atoms with Gasteiger partial charge in [-0.2, -0.15) is 0 Å². The maximum absolute atomic E-state index is 11.6. The van der Waals surface area contributed by atoms with Crippen molar-refractivity contribution >= 4 is 21.8 Å². The maximum Gasteiger partial charge on any atom is 0.323 e. The number of rotatable bonds is 2. The summed E-state index contributed by atoms with van der Waals surface area (Å²) >= 11 is 0. The summed E-state index contributed by atoms with van der Waals surface area (Å²) in [5, 5.41) is 8.51. The van der Waals surface area contributed by atoms with Crippen molar-refractivity contribution in [2.75, 3.05) is 38.2 Å². The summed E-state index contributed by atoms with van der Waals surface area (Å²) in [5.41, 5.74) is 0. The predicted molar refractivity (Wildman–Crippen MR) is 55.9 cm³/mol. The zero-order valence-electron chi connectivity index (χ0n) is 8.92.